The molecule has 0 unspecified atom stereocenters. The van der Waals surface area contributed by atoms with Crippen molar-refractivity contribution in [1.82, 2.24) is 0 Å². The van der Waals surface area contributed by atoms with Gasteiger partial charge in [0.2, 0.25) is 19.7 Å². The molecule has 0 heterocycles. The molecule has 11 nitrogen and oxygen atoms in total. The van der Waals surface area contributed by atoms with Crippen LogP contribution in [0.5, 0.6) is 0 Å². The van der Waals surface area contributed by atoms with Gasteiger partial charge in [-0.3, -0.25) is 0 Å². The predicted octanol–water partition coefficient (Wildman–Crippen LogP) is -1.20. The molecular weight excluding hydrogens is 176 g/mol. The number of rotatable bonds is 5. The Hall–Kier alpha value is -0.440. The lowest BCUT2D eigenvalue weighted by Gasteiger charge is -1.89. The summed E-state index contributed by atoms with van der Waals surface area (Å²) in [5.74, 6) is 0. The minimum Gasteiger partial charge on any atom is -0.412 e. The molecule has 0 aliphatic carbocycles. The van der Waals surface area contributed by atoms with E-state index in [0.717, 1.165) is 0 Å². The van der Waals surface area contributed by atoms with Crippen LogP contribution in [0.1, 0.15) is 0 Å². The molecule has 0 amide bonds. The third-order valence-electron chi connectivity index (χ3n) is 0.272. The van der Waals surface area contributed by atoms with Crippen molar-refractivity contribution < 1.29 is 56.3 Å². The molecule has 0 saturated carbocycles. The van der Waals surface area contributed by atoms with Gasteiger partial charge >= 0.3 is 0 Å². The molecule has 70 valence electrons. The summed E-state index contributed by atoms with van der Waals surface area (Å²) in [5, 5.41) is 42.7. The van der Waals surface area contributed by atoms with E-state index < -0.39 is 0 Å². The molecule has 0 bridgehead atoms. The lowest BCUT2D eigenvalue weighted by molar-refractivity contribution is -1.01. The van der Waals surface area contributed by atoms with E-state index in [1.165, 1.54) is 0 Å². The average molecular weight is 182 g/mol. The summed E-state index contributed by atoms with van der Waals surface area (Å²) in [4.78, 5) is 0.00222. The number of hydrogen-bond donors (Lipinski definition) is 4. The molecule has 0 saturated heterocycles. The highest BCUT2D eigenvalue weighted by Crippen LogP contribution is 1.97. The van der Waals surface area contributed by atoms with E-state index in [4.69, 9.17) is 21.0 Å². The average Bonchev–Trinajstić information content (AvgIpc) is 1.99. The lowest BCUT2D eigenvalue weighted by Crippen LogP contribution is -2.16. The van der Waals surface area contributed by atoms with Crippen LogP contribution in [-0.2, 0) is 29.8 Å². The fourth-order valence-electron chi connectivity index (χ4n) is 0.0724. The van der Waals surface area contributed by atoms with Crippen molar-refractivity contribution in [3.8, 4) is 0 Å². The van der Waals surface area contributed by atoms with Crippen molar-refractivity contribution >= 4 is 0 Å². The van der Waals surface area contributed by atoms with Gasteiger partial charge in [0.05, 0.1) is 0 Å². The van der Waals surface area contributed by atoms with E-state index >= 15 is 0 Å². The van der Waals surface area contributed by atoms with Gasteiger partial charge in [-0.15, -0.1) is 0 Å². The molecule has 0 spiro atoms. The van der Waals surface area contributed by atoms with E-state index in [2.05, 4.69) is 20.2 Å². The topological polar surface area (TPSA) is 155 Å². The van der Waals surface area contributed by atoms with Gasteiger partial charge < -0.3 is 5.48 Å². The molecule has 11 heavy (non-hydrogen) atoms. The second-order valence-corrected chi connectivity index (χ2v) is 0.719. The van der Waals surface area contributed by atoms with Gasteiger partial charge in [-0.25, -0.2) is 0 Å². The van der Waals surface area contributed by atoms with Crippen LogP contribution in [0.4, 0.5) is 0 Å². The molecule has 0 aromatic carbocycles. The molecule has 0 aromatic rings. The van der Waals surface area contributed by atoms with Crippen LogP contribution in [0.2, 0.25) is 0 Å². The van der Waals surface area contributed by atoms with Gasteiger partial charge in [-0.1, -0.05) is 0 Å². The standard InChI is InChI=1S/H2O10.H2O/c1-5-9(3)7-8-10(4)6-2;/h3-4H;1H2/p+2. The quantitative estimate of drug-likeness (QED) is 0.234. The molecule has 11 heteroatoms. The van der Waals surface area contributed by atoms with E-state index in [9.17, 15) is 0 Å². The Labute approximate surface area is 57.7 Å². The summed E-state index contributed by atoms with van der Waals surface area (Å²) in [5.41, 5.74) is 0. The van der Waals surface area contributed by atoms with Crippen LogP contribution in [0.3, 0.4) is 0 Å². The molecular formula is H6O11+2. The Morgan fingerprint density at radius 2 is 1.09 bits per heavy atom. The van der Waals surface area contributed by atoms with Crippen LogP contribution in [-0.4, -0.2) is 26.5 Å². The maximum Gasteiger partial charge on any atom is 0.247 e. The number of hydrogen-bond acceptors (Lipinski definition) is 8. The smallest absolute Gasteiger partial charge is 0.247 e. The summed E-state index contributed by atoms with van der Waals surface area (Å²) in [6.45, 7) is 0. The molecule has 0 aromatic heterocycles. The fourth-order valence-corrected chi connectivity index (χ4v) is 0.0724. The van der Waals surface area contributed by atoms with Crippen molar-refractivity contribution in [2.24, 2.45) is 0 Å². The third-order valence-corrected chi connectivity index (χ3v) is 0.272. The highest BCUT2D eigenvalue weighted by atomic mass is 18.1. The first kappa shape index (κ1) is 13.2. The van der Waals surface area contributed by atoms with Crippen LogP contribution >= 0.6 is 0 Å². The highest BCUT2D eigenvalue weighted by Gasteiger charge is 2.25. The minimum atomic E-state index is 0. The van der Waals surface area contributed by atoms with Crippen LogP contribution < -0.4 is 0 Å². The second-order valence-electron chi connectivity index (χ2n) is 0.719. The Kier molecular flexibility index (Phi) is 9.18. The van der Waals surface area contributed by atoms with Gasteiger partial charge in [-0.2, -0.15) is 10.5 Å². The van der Waals surface area contributed by atoms with Gasteiger partial charge in [-0.05, 0) is 10.5 Å². The van der Waals surface area contributed by atoms with Gasteiger partial charge in [0, 0.05) is 0 Å². The van der Waals surface area contributed by atoms with Crippen molar-refractivity contribution in [2.45, 2.75) is 0 Å². The molecule has 0 aliphatic rings. The summed E-state index contributed by atoms with van der Waals surface area (Å²) in [6.07, 6.45) is 0. The first-order valence-electron chi connectivity index (χ1n) is 1.56. The highest BCUT2D eigenvalue weighted by molar-refractivity contribution is 3.12. The third kappa shape index (κ3) is 7.46. The molecule has 6 N–H and O–H groups in total. The second kappa shape index (κ2) is 7.66. The lowest BCUT2D eigenvalue weighted by atomic mass is 13.9. The fraction of sp³-hybridized carbons (Fsp3) is 0. The zero-order valence-corrected chi connectivity index (χ0v) is 4.74. The van der Waals surface area contributed by atoms with Crippen molar-refractivity contribution in [3.05, 3.63) is 0 Å². The van der Waals surface area contributed by atoms with Crippen molar-refractivity contribution in [1.29, 1.82) is 0 Å². The molecule has 0 rings (SSSR count). The van der Waals surface area contributed by atoms with Gasteiger partial charge in [0.1, 0.15) is 0 Å². The van der Waals surface area contributed by atoms with Crippen molar-refractivity contribution in [3.63, 3.8) is 0 Å². The zero-order valence-electron chi connectivity index (χ0n) is 4.74. The Bertz CT molecular complexity index is 56.4. The largest absolute Gasteiger partial charge is 0.412 e. The Balaban J connectivity index is 0. The Morgan fingerprint density at radius 3 is 1.27 bits per heavy atom. The summed E-state index contributed by atoms with van der Waals surface area (Å²) < 4.78 is 0. The van der Waals surface area contributed by atoms with Crippen LogP contribution in [0.15, 0.2) is 0 Å². The first-order valence-corrected chi connectivity index (χ1v) is 1.56. The van der Waals surface area contributed by atoms with Crippen LogP contribution in [0.25, 0.3) is 0 Å². The van der Waals surface area contributed by atoms with E-state index in [0.29, 0.717) is 0 Å². The monoisotopic (exact) mass is 182 g/mol. The maximum atomic E-state index is 7.84. The zero-order chi connectivity index (χ0) is 7.98. The van der Waals surface area contributed by atoms with Gasteiger partial charge in [0.15, 0.2) is 10.1 Å². The first-order chi connectivity index (χ1) is 4.70. The van der Waals surface area contributed by atoms with E-state index in [1.54, 1.807) is 0 Å². The van der Waals surface area contributed by atoms with E-state index in [1.807, 2.05) is 0 Å². The minimum absolute atomic E-state index is 0. The molecule has 0 aliphatic heterocycles. The van der Waals surface area contributed by atoms with Crippen LogP contribution in [0, 0.1) is 0 Å². The maximum absolute atomic E-state index is 7.84. The summed E-state index contributed by atoms with van der Waals surface area (Å²) in [7, 11) is 0. The molecule has 0 radical (unpaired) electrons. The van der Waals surface area contributed by atoms with E-state index in [-0.39, 0.29) is 15.1 Å². The van der Waals surface area contributed by atoms with Crippen molar-refractivity contribution in [2.75, 3.05) is 0 Å². The normalized spacial score (nSPS) is 10.4. The predicted molar refractivity (Wildman–Crippen MR) is 20.6 cm³/mol. The van der Waals surface area contributed by atoms with Gasteiger partial charge in [0.25, 0.3) is 0 Å². The molecule has 0 fully saturated rings. The summed E-state index contributed by atoms with van der Waals surface area (Å²) >= 11 is 0. The Morgan fingerprint density at radius 1 is 0.818 bits per heavy atom. The SMILES string of the molecule is O.OO[O+](O)OO[O+](O)OO. The summed E-state index contributed by atoms with van der Waals surface area (Å²) in [6, 6.07) is 0. The molecule has 0 atom stereocenters.